The fraction of sp³-hybridized carbons (Fsp3) is 0.100. The molecule has 3 aromatic rings. The molecule has 0 fully saturated rings. The summed E-state index contributed by atoms with van der Waals surface area (Å²) in [7, 11) is 0. The van der Waals surface area contributed by atoms with Crippen LogP contribution in [0.5, 0.6) is 17.2 Å². The van der Waals surface area contributed by atoms with Crippen LogP contribution in [0.4, 0.5) is 5.69 Å². The zero-order chi connectivity index (χ0) is 18.9. The van der Waals surface area contributed by atoms with Gasteiger partial charge in [-0.15, -0.1) is 0 Å². The standard InChI is InChI=1S/C20H21N3O3/c1-12-2-4-13(5-3-12)14-6-8-15(9-7-14)26-20(22,23)16-10-11-17(24)18(21)19(16)25/h2-11,24-25H,21-23H2,1H3. The third kappa shape index (κ3) is 3.42. The summed E-state index contributed by atoms with van der Waals surface area (Å²) >= 11 is 0. The Balaban J connectivity index is 1.84. The molecule has 0 unspecified atom stereocenters. The van der Waals surface area contributed by atoms with Gasteiger partial charge in [0, 0.05) is 0 Å². The van der Waals surface area contributed by atoms with Crippen LogP contribution in [-0.2, 0) is 5.85 Å². The molecule has 0 saturated carbocycles. The monoisotopic (exact) mass is 351 g/mol. The number of nitrogens with two attached hydrogens (primary N) is 3. The van der Waals surface area contributed by atoms with E-state index in [-0.39, 0.29) is 17.0 Å². The lowest BCUT2D eigenvalue weighted by molar-refractivity contribution is 0.0780. The molecule has 0 heterocycles. The van der Waals surface area contributed by atoms with Crippen molar-refractivity contribution >= 4 is 5.69 Å². The first kappa shape index (κ1) is 17.6. The Bertz CT molecular complexity index is 920. The average Bonchev–Trinajstić information content (AvgIpc) is 2.60. The molecule has 0 spiro atoms. The number of phenolic OH excluding ortho intramolecular Hbond substituents is 2. The minimum absolute atomic E-state index is 0.0652. The first-order chi connectivity index (χ1) is 12.3. The highest BCUT2D eigenvalue weighted by Crippen LogP contribution is 2.37. The van der Waals surface area contributed by atoms with Crippen molar-refractivity contribution in [3.05, 3.63) is 71.8 Å². The molecule has 0 aliphatic carbocycles. The predicted octanol–water partition coefficient (Wildman–Crippen LogP) is 2.76. The van der Waals surface area contributed by atoms with E-state index in [1.807, 2.05) is 43.3 Å². The van der Waals surface area contributed by atoms with Crippen molar-refractivity contribution in [1.82, 2.24) is 0 Å². The number of aryl methyl sites for hydroxylation is 1. The summed E-state index contributed by atoms with van der Waals surface area (Å²) in [5.41, 5.74) is 20.8. The van der Waals surface area contributed by atoms with E-state index in [1.54, 1.807) is 12.1 Å². The van der Waals surface area contributed by atoms with Gasteiger partial charge in [0.2, 0.25) is 5.85 Å². The molecule has 0 aromatic heterocycles. The van der Waals surface area contributed by atoms with Crippen LogP contribution in [0.15, 0.2) is 60.7 Å². The van der Waals surface area contributed by atoms with E-state index in [2.05, 4.69) is 0 Å². The molecule has 0 atom stereocenters. The van der Waals surface area contributed by atoms with Crippen molar-refractivity contribution < 1.29 is 14.9 Å². The minimum Gasteiger partial charge on any atom is -0.506 e. The molecule has 26 heavy (non-hydrogen) atoms. The Morgan fingerprint density at radius 3 is 1.92 bits per heavy atom. The van der Waals surface area contributed by atoms with Crippen molar-refractivity contribution in [2.75, 3.05) is 5.73 Å². The van der Waals surface area contributed by atoms with E-state index >= 15 is 0 Å². The van der Waals surface area contributed by atoms with Gasteiger partial charge in [-0.3, -0.25) is 11.5 Å². The Morgan fingerprint density at radius 2 is 1.35 bits per heavy atom. The Morgan fingerprint density at radius 1 is 0.808 bits per heavy atom. The Hall–Kier alpha value is -3.22. The summed E-state index contributed by atoms with van der Waals surface area (Å²) in [6.07, 6.45) is 0. The SMILES string of the molecule is Cc1ccc(-c2ccc(OC(N)(N)c3ccc(O)c(N)c3O)cc2)cc1. The minimum atomic E-state index is -1.82. The Kier molecular flexibility index (Phi) is 4.46. The fourth-order valence-electron chi connectivity index (χ4n) is 2.62. The largest absolute Gasteiger partial charge is 0.506 e. The van der Waals surface area contributed by atoms with Crippen LogP contribution in [0, 0.1) is 6.92 Å². The second-order valence-corrected chi connectivity index (χ2v) is 6.18. The number of phenols is 2. The lowest BCUT2D eigenvalue weighted by Gasteiger charge is -2.27. The van der Waals surface area contributed by atoms with E-state index in [0.717, 1.165) is 11.1 Å². The molecule has 0 saturated heterocycles. The van der Waals surface area contributed by atoms with Gasteiger partial charge in [0.25, 0.3) is 0 Å². The van der Waals surface area contributed by atoms with Crippen LogP contribution in [0.1, 0.15) is 11.1 Å². The number of ether oxygens (including phenoxy) is 1. The summed E-state index contributed by atoms with van der Waals surface area (Å²) in [6, 6.07) is 18.1. The highest BCUT2D eigenvalue weighted by Gasteiger charge is 2.29. The quantitative estimate of drug-likeness (QED) is 0.279. The number of anilines is 1. The molecular weight excluding hydrogens is 330 g/mol. The fourth-order valence-corrected chi connectivity index (χ4v) is 2.62. The molecule has 6 nitrogen and oxygen atoms in total. The molecule has 0 aliphatic rings. The highest BCUT2D eigenvalue weighted by molar-refractivity contribution is 5.66. The van der Waals surface area contributed by atoms with Gasteiger partial charge in [0.05, 0.1) is 5.56 Å². The topological polar surface area (TPSA) is 128 Å². The summed E-state index contributed by atoms with van der Waals surface area (Å²) in [4.78, 5) is 0. The van der Waals surface area contributed by atoms with Crippen LogP contribution < -0.4 is 21.9 Å². The van der Waals surface area contributed by atoms with Gasteiger partial charge in [-0.2, -0.15) is 0 Å². The molecular formula is C20H21N3O3. The number of nitrogen functional groups attached to an aromatic ring is 1. The Labute approximate surface area is 151 Å². The number of aromatic hydroxyl groups is 2. The lowest BCUT2D eigenvalue weighted by atomic mass is 10.0. The third-order valence-electron chi connectivity index (χ3n) is 4.14. The van der Waals surface area contributed by atoms with Gasteiger partial charge in [0.1, 0.15) is 17.2 Å². The highest BCUT2D eigenvalue weighted by atomic mass is 16.5. The molecule has 0 amide bonds. The van der Waals surface area contributed by atoms with Crippen LogP contribution >= 0.6 is 0 Å². The van der Waals surface area contributed by atoms with Crippen molar-refractivity contribution in [3.8, 4) is 28.4 Å². The summed E-state index contributed by atoms with van der Waals surface area (Å²) in [5, 5.41) is 19.6. The van der Waals surface area contributed by atoms with E-state index < -0.39 is 11.6 Å². The van der Waals surface area contributed by atoms with Crippen molar-refractivity contribution in [2.24, 2.45) is 11.5 Å². The molecule has 0 bridgehead atoms. The lowest BCUT2D eigenvalue weighted by Crippen LogP contribution is -2.51. The van der Waals surface area contributed by atoms with E-state index in [4.69, 9.17) is 21.9 Å². The molecule has 0 radical (unpaired) electrons. The maximum Gasteiger partial charge on any atom is 0.243 e. The first-order valence-electron chi connectivity index (χ1n) is 8.02. The van der Waals surface area contributed by atoms with E-state index in [9.17, 15) is 10.2 Å². The zero-order valence-electron chi connectivity index (χ0n) is 14.3. The smallest absolute Gasteiger partial charge is 0.243 e. The molecule has 3 aromatic carbocycles. The second kappa shape index (κ2) is 6.59. The number of hydrogen-bond acceptors (Lipinski definition) is 6. The first-order valence-corrected chi connectivity index (χ1v) is 8.02. The van der Waals surface area contributed by atoms with Gasteiger partial charge in [0.15, 0.2) is 5.75 Å². The number of rotatable bonds is 4. The second-order valence-electron chi connectivity index (χ2n) is 6.18. The van der Waals surface area contributed by atoms with E-state index in [1.165, 1.54) is 17.7 Å². The zero-order valence-corrected chi connectivity index (χ0v) is 14.3. The van der Waals surface area contributed by atoms with Crippen molar-refractivity contribution in [1.29, 1.82) is 0 Å². The van der Waals surface area contributed by atoms with Crippen LogP contribution in [0.3, 0.4) is 0 Å². The van der Waals surface area contributed by atoms with Gasteiger partial charge < -0.3 is 20.7 Å². The van der Waals surface area contributed by atoms with Gasteiger partial charge in [-0.25, -0.2) is 0 Å². The maximum atomic E-state index is 10.1. The van der Waals surface area contributed by atoms with Gasteiger partial charge in [-0.1, -0.05) is 42.0 Å². The normalized spacial score (nSPS) is 11.3. The van der Waals surface area contributed by atoms with Crippen LogP contribution in [0.2, 0.25) is 0 Å². The van der Waals surface area contributed by atoms with E-state index in [0.29, 0.717) is 5.75 Å². The molecule has 134 valence electrons. The molecule has 0 aliphatic heterocycles. The summed E-state index contributed by atoms with van der Waals surface area (Å²) < 4.78 is 5.63. The van der Waals surface area contributed by atoms with Gasteiger partial charge >= 0.3 is 0 Å². The van der Waals surface area contributed by atoms with Crippen molar-refractivity contribution in [3.63, 3.8) is 0 Å². The summed E-state index contributed by atoms with van der Waals surface area (Å²) in [6.45, 7) is 2.04. The van der Waals surface area contributed by atoms with Crippen molar-refractivity contribution in [2.45, 2.75) is 12.8 Å². The molecule has 6 heteroatoms. The third-order valence-corrected chi connectivity index (χ3v) is 4.14. The summed E-state index contributed by atoms with van der Waals surface area (Å²) in [5.74, 6) is -2.07. The average molecular weight is 351 g/mol. The number of hydrogen-bond donors (Lipinski definition) is 5. The van der Waals surface area contributed by atoms with Crippen LogP contribution in [0.25, 0.3) is 11.1 Å². The maximum absolute atomic E-state index is 10.1. The van der Waals surface area contributed by atoms with Crippen LogP contribution in [-0.4, -0.2) is 10.2 Å². The predicted molar refractivity (Wildman–Crippen MR) is 101 cm³/mol. The number of benzene rings is 3. The van der Waals surface area contributed by atoms with Gasteiger partial charge in [-0.05, 0) is 42.3 Å². The molecule has 3 rings (SSSR count). The molecule has 8 N–H and O–H groups in total.